The largest absolute Gasteiger partial charge is 0.460 e. The third kappa shape index (κ3) is 2.99. The van der Waals surface area contributed by atoms with E-state index in [1.54, 1.807) is 0 Å². The first-order valence-corrected chi connectivity index (χ1v) is 6.70. The predicted octanol–water partition coefficient (Wildman–Crippen LogP) is 6.41. The number of alkyl halides is 17. The number of hydrogen-bond donors (Lipinski definition) is 0. The fourth-order valence-electron chi connectivity index (χ4n) is 1.84. The minimum Gasteiger partial charge on any atom is -0.290 e. The summed E-state index contributed by atoms with van der Waals surface area (Å²) in [6.45, 7) is 0. The Morgan fingerprint density at radius 1 is 0.367 bits per heavy atom. The van der Waals surface area contributed by atoms with Crippen molar-refractivity contribution in [1.29, 1.82) is 0 Å². The second kappa shape index (κ2) is 6.54. The number of nitrogens with zero attached hydrogens (tertiary/aromatic N) is 1. The molecule has 0 bridgehead atoms. The van der Waals surface area contributed by atoms with Crippen LogP contribution in [-0.2, 0) is 6.05 Å². The molecule has 0 atom stereocenters. The van der Waals surface area contributed by atoms with Crippen LogP contribution in [0, 0.1) is 0 Å². The Labute approximate surface area is 153 Å². The van der Waals surface area contributed by atoms with Crippen LogP contribution < -0.4 is 0 Å². The van der Waals surface area contributed by atoms with Crippen molar-refractivity contribution in [3.63, 3.8) is 0 Å². The van der Waals surface area contributed by atoms with E-state index in [2.05, 4.69) is 0 Å². The van der Waals surface area contributed by atoms with Gasteiger partial charge in [0.1, 0.15) is 0 Å². The van der Waals surface area contributed by atoms with Gasteiger partial charge in [0, 0.05) is 12.4 Å². The average Bonchev–Trinajstić information content (AvgIpc) is 3.07. The lowest BCUT2D eigenvalue weighted by molar-refractivity contribution is -0.466. The second-order valence-corrected chi connectivity index (χ2v) is 5.58. The van der Waals surface area contributed by atoms with Crippen molar-refractivity contribution in [2.45, 2.75) is 47.8 Å². The number of hydrogen-bond acceptors (Lipinski definition) is 0. The molecule has 1 aromatic heterocycles. The molecule has 0 unspecified atom stereocenters. The fraction of sp³-hybridized carbons (Fsp3) is 0.667. The zero-order chi connectivity index (χ0) is 24.4. The zero-order valence-electron chi connectivity index (χ0n) is 13.2. The molecule has 1 aromatic rings. The molecule has 0 aliphatic heterocycles. The molecule has 0 spiro atoms. The van der Waals surface area contributed by atoms with E-state index in [0.717, 1.165) is 0 Å². The van der Waals surface area contributed by atoms with Gasteiger partial charge in [0.15, 0.2) is 0 Å². The van der Waals surface area contributed by atoms with Gasteiger partial charge in [-0.25, -0.2) is 0 Å². The number of rotatable bonds is 7. The van der Waals surface area contributed by atoms with Crippen molar-refractivity contribution in [3.8, 4) is 0 Å². The zero-order valence-corrected chi connectivity index (χ0v) is 13.2. The molecule has 18 heteroatoms. The monoisotopic (exact) mass is 485 g/mol. The number of aromatic nitrogens is 1. The van der Waals surface area contributed by atoms with E-state index in [1.807, 2.05) is 0 Å². The highest BCUT2D eigenvalue weighted by molar-refractivity contribution is 5.15. The molecular formula is C12H4F17N. The first kappa shape index (κ1) is 26.1. The maximum Gasteiger partial charge on any atom is 0.460 e. The summed E-state index contributed by atoms with van der Waals surface area (Å²) in [6.07, 6.45) is -8.14. The van der Waals surface area contributed by atoms with Gasteiger partial charge >= 0.3 is 47.8 Å². The Bertz CT molecular complexity index is 741. The van der Waals surface area contributed by atoms with Crippen LogP contribution in [-0.4, -0.2) is 46.3 Å². The molecule has 30 heavy (non-hydrogen) atoms. The lowest BCUT2D eigenvalue weighted by Crippen LogP contribution is -2.74. The van der Waals surface area contributed by atoms with E-state index < -0.39 is 52.3 Å². The van der Waals surface area contributed by atoms with Crippen LogP contribution in [0.3, 0.4) is 0 Å². The summed E-state index contributed by atoms with van der Waals surface area (Å²) in [5, 5.41) is 0. The van der Waals surface area contributed by atoms with Crippen LogP contribution >= 0.6 is 0 Å². The van der Waals surface area contributed by atoms with E-state index in [4.69, 9.17) is 0 Å². The Hall–Kier alpha value is -1.91. The normalized spacial score (nSPS) is 16.2. The lowest BCUT2D eigenvalue weighted by atomic mass is 9.90. The molecule has 176 valence electrons. The van der Waals surface area contributed by atoms with Gasteiger partial charge in [-0.15, -0.1) is 0 Å². The van der Waals surface area contributed by atoms with Crippen molar-refractivity contribution in [1.82, 2.24) is 4.57 Å². The van der Waals surface area contributed by atoms with Crippen LogP contribution in [0.15, 0.2) is 24.5 Å². The molecule has 0 N–H and O–H groups in total. The van der Waals surface area contributed by atoms with Gasteiger partial charge in [-0.3, -0.25) is 4.57 Å². The molecule has 1 heterocycles. The molecule has 0 amide bonds. The van der Waals surface area contributed by atoms with Crippen molar-refractivity contribution >= 4 is 0 Å². The number of halogens is 17. The van der Waals surface area contributed by atoms with E-state index in [1.165, 1.54) is 0 Å². The van der Waals surface area contributed by atoms with Gasteiger partial charge in [-0.05, 0) is 12.1 Å². The first-order valence-electron chi connectivity index (χ1n) is 6.70. The van der Waals surface area contributed by atoms with Crippen LogP contribution in [0.5, 0.6) is 0 Å². The Morgan fingerprint density at radius 2 is 0.633 bits per heavy atom. The Morgan fingerprint density at radius 3 is 0.933 bits per heavy atom. The van der Waals surface area contributed by atoms with Crippen molar-refractivity contribution < 1.29 is 74.6 Å². The topological polar surface area (TPSA) is 4.93 Å². The molecule has 0 fully saturated rings. The molecule has 0 saturated carbocycles. The molecule has 0 aliphatic carbocycles. The van der Waals surface area contributed by atoms with Gasteiger partial charge in [-0.2, -0.15) is 74.6 Å². The van der Waals surface area contributed by atoms with Gasteiger partial charge in [0.25, 0.3) is 0 Å². The smallest absolute Gasteiger partial charge is 0.290 e. The van der Waals surface area contributed by atoms with Crippen LogP contribution in [0.25, 0.3) is 0 Å². The van der Waals surface area contributed by atoms with Gasteiger partial charge in [0.05, 0.1) is 0 Å². The quantitative estimate of drug-likeness (QED) is 0.394. The highest BCUT2D eigenvalue weighted by Crippen LogP contribution is 2.64. The molecule has 1 nitrogen and oxygen atoms in total. The van der Waals surface area contributed by atoms with Crippen molar-refractivity contribution in [2.24, 2.45) is 0 Å². The van der Waals surface area contributed by atoms with Crippen LogP contribution in [0.1, 0.15) is 0 Å². The van der Waals surface area contributed by atoms with Gasteiger partial charge < -0.3 is 0 Å². The minimum atomic E-state index is -8.61. The lowest BCUT2D eigenvalue weighted by Gasteiger charge is -2.42. The summed E-state index contributed by atoms with van der Waals surface area (Å²) in [7, 11) is 0. The minimum absolute atomic E-state index is 0.188. The first-order chi connectivity index (χ1) is 12.9. The maximum atomic E-state index is 13.5. The molecule has 0 saturated heterocycles. The van der Waals surface area contributed by atoms with Crippen molar-refractivity contribution in [2.75, 3.05) is 0 Å². The standard InChI is InChI=1S/C12H4F17N/c13-5(14,7(17,18)9(21,22)11(25,26)27)6(15,16)8(19,20)10(23,24)12(28,29)30-3-1-2-4-30/h1-4H. The summed E-state index contributed by atoms with van der Waals surface area (Å²) in [5.41, 5.74) is 0. The van der Waals surface area contributed by atoms with Gasteiger partial charge in [-0.1, -0.05) is 0 Å². The maximum absolute atomic E-state index is 13.5. The van der Waals surface area contributed by atoms with E-state index in [0.29, 0.717) is 12.1 Å². The Kier molecular flexibility index (Phi) is 5.70. The van der Waals surface area contributed by atoms with E-state index >= 15 is 0 Å². The SMILES string of the molecule is FC(F)(F)C(F)(F)C(F)(F)C(F)(F)C(F)(F)C(F)(F)C(F)(F)C(F)(F)n1cccc1. The van der Waals surface area contributed by atoms with Gasteiger partial charge in [0.2, 0.25) is 0 Å². The predicted molar refractivity (Wildman–Crippen MR) is 60.4 cm³/mol. The van der Waals surface area contributed by atoms with Crippen molar-refractivity contribution in [3.05, 3.63) is 24.5 Å². The van der Waals surface area contributed by atoms with E-state index in [-0.39, 0.29) is 12.4 Å². The van der Waals surface area contributed by atoms with Crippen LogP contribution in [0.2, 0.25) is 0 Å². The molecule has 0 aromatic carbocycles. The fourth-order valence-corrected chi connectivity index (χ4v) is 1.84. The van der Waals surface area contributed by atoms with E-state index in [9.17, 15) is 74.6 Å². The molecular weight excluding hydrogens is 481 g/mol. The third-order valence-electron chi connectivity index (χ3n) is 3.63. The summed E-state index contributed by atoms with van der Waals surface area (Å²) in [6, 6.07) is -5.75. The third-order valence-corrected chi connectivity index (χ3v) is 3.63. The summed E-state index contributed by atoms with van der Waals surface area (Å²) in [5.74, 6) is -49.8. The highest BCUT2D eigenvalue weighted by atomic mass is 19.4. The average molecular weight is 485 g/mol. The molecule has 0 aliphatic rings. The summed E-state index contributed by atoms with van der Waals surface area (Å²) < 4.78 is 220. The highest BCUT2D eigenvalue weighted by Gasteiger charge is 2.95. The summed E-state index contributed by atoms with van der Waals surface area (Å²) in [4.78, 5) is 0. The summed E-state index contributed by atoms with van der Waals surface area (Å²) >= 11 is 0. The second-order valence-electron chi connectivity index (χ2n) is 5.58. The molecule has 1 rings (SSSR count). The molecule has 0 radical (unpaired) electrons. The van der Waals surface area contributed by atoms with Crippen LogP contribution in [0.4, 0.5) is 74.6 Å². The Balaban J connectivity index is 3.67.